The number of hydrogen-bond donors (Lipinski definition) is 1. The van der Waals surface area contributed by atoms with Gasteiger partial charge in [0, 0.05) is 10.2 Å². The lowest BCUT2D eigenvalue weighted by Gasteiger charge is -2.44. The summed E-state index contributed by atoms with van der Waals surface area (Å²) in [4.78, 5) is 6.81. The van der Waals surface area contributed by atoms with Crippen LogP contribution in [-0.2, 0) is 0 Å². The molecule has 1 fully saturated rings. The van der Waals surface area contributed by atoms with Gasteiger partial charge in [0.1, 0.15) is 0 Å². The maximum atomic E-state index is 6.17. The van der Waals surface area contributed by atoms with Crippen LogP contribution in [0.5, 0.6) is 0 Å². The molecule has 1 aromatic carbocycles. The van der Waals surface area contributed by atoms with Gasteiger partial charge in [0.25, 0.3) is 0 Å². The van der Waals surface area contributed by atoms with E-state index in [1.54, 1.807) is 0 Å². The lowest BCUT2D eigenvalue weighted by Crippen LogP contribution is -2.54. The highest BCUT2D eigenvalue weighted by Gasteiger charge is 2.45. The van der Waals surface area contributed by atoms with Gasteiger partial charge in [0.15, 0.2) is 5.96 Å². The molecule has 1 aromatic rings. The minimum absolute atomic E-state index is 0.114. The van der Waals surface area contributed by atoms with Crippen molar-refractivity contribution < 1.29 is 0 Å². The van der Waals surface area contributed by atoms with Gasteiger partial charge in [-0.25, -0.2) is 0 Å². The molecule has 1 aliphatic carbocycles. The van der Waals surface area contributed by atoms with Crippen LogP contribution in [-0.4, -0.2) is 18.0 Å². The SMILES string of the molecule is CC1CCCC2(CN=C(N)N2c2cccc(Br)c2)C1. The standard InChI is InChI=1S/C15H20BrN3/c1-11-4-3-7-15(9-11)10-18-14(17)19(15)13-6-2-5-12(16)8-13/h2,5-6,8,11H,3-4,7,9-10H2,1H3,(H2,17,18). The van der Waals surface area contributed by atoms with Crippen LogP contribution in [0.4, 0.5) is 5.69 Å². The molecule has 2 aliphatic rings. The summed E-state index contributed by atoms with van der Waals surface area (Å²) in [7, 11) is 0. The van der Waals surface area contributed by atoms with E-state index in [2.05, 4.69) is 50.9 Å². The molecule has 0 aromatic heterocycles. The Morgan fingerprint density at radius 2 is 2.32 bits per heavy atom. The van der Waals surface area contributed by atoms with Crippen molar-refractivity contribution in [3.05, 3.63) is 28.7 Å². The first-order chi connectivity index (χ1) is 9.11. The van der Waals surface area contributed by atoms with Gasteiger partial charge in [-0.2, -0.15) is 0 Å². The minimum Gasteiger partial charge on any atom is -0.369 e. The number of anilines is 1. The van der Waals surface area contributed by atoms with Crippen LogP contribution < -0.4 is 10.6 Å². The largest absolute Gasteiger partial charge is 0.369 e. The van der Waals surface area contributed by atoms with Gasteiger partial charge in [0.2, 0.25) is 0 Å². The fourth-order valence-corrected chi connectivity index (χ4v) is 4.00. The molecule has 19 heavy (non-hydrogen) atoms. The fourth-order valence-electron chi connectivity index (χ4n) is 3.61. The first-order valence-corrected chi connectivity index (χ1v) is 7.76. The zero-order valence-electron chi connectivity index (χ0n) is 11.3. The number of rotatable bonds is 1. The Labute approximate surface area is 123 Å². The maximum Gasteiger partial charge on any atom is 0.196 e. The number of benzene rings is 1. The first-order valence-electron chi connectivity index (χ1n) is 6.96. The summed E-state index contributed by atoms with van der Waals surface area (Å²) in [6.07, 6.45) is 4.97. The molecule has 3 nitrogen and oxygen atoms in total. The molecule has 1 heterocycles. The molecule has 0 saturated heterocycles. The number of nitrogens with zero attached hydrogens (tertiary/aromatic N) is 2. The highest BCUT2D eigenvalue weighted by Crippen LogP contribution is 2.42. The Morgan fingerprint density at radius 3 is 3.05 bits per heavy atom. The third kappa shape index (κ3) is 2.27. The number of halogens is 1. The Bertz CT molecular complexity index is 514. The van der Waals surface area contributed by atoms with Gasteiger partial charge in [-0.05, 0) is 37.0 Å². The van der Waals surface area contributed by atoms with E-state index in [1.807, 2.05) is 6.07 Å². The van der Waals surface area contributed by atoms with Crippen molar-refractivity contribution in [2.24, 2.45) is 16.6 Å². The van der Waals surface area contributed by atoms with Crippen LogP contribution in [0.25, 0.3) is 0 Å². The molecule has 1 aliphatic heterocycles. The van der Waals surface area contributed by atoms with E-state index in [1.165, 1.54) is 25.7 Å². The highest BCUT2D eigenvalue weighted by molar-refractivity contribution is 9.10. The van der Waals surface area contributed by atoms with Crippen molar-refractivity contribution in [2.75, 3.05) is 11.4 Å². The van der Waals surface area contributed by atoms with E-state index in [4.69, 9.17) is 5.73 Å². The van der Waals surface area contributed by atoms with E-state index >= 15 is 0 Å². The Morgan fingerprint density at radius 1 is 1.47 bits per heavy atom. The minimum atomic E-state index is 0.114. The monoisotopic (exact) mass is 321 g/mol. The van der Waals surface area contributed by atoms with E-state index in [-0.39, 0.29) is 5.54 Å². The van der Waals surface area contributed by atoms with Crippen molar-refractivity contribution in [3.8, 4) is 0 Å². The summed E-state index contributed by atoms with van der Waals surface area (Å²) in [5.74, 6) is 1.43. The quantitative estimate of drug-likeness (QED) is 0.859. The molecule has 3 rings (SSSR count). The average Bonchev–Trinajstić information content (AvgIpc) is 2.66. The predicted molar refractivity (Wildman–Crippen MR) is 83.5 cm³/mol. The third-order valence-electron chi connectivity index (χ3n) is 4.37. The second-order valence-corrected chi connectivity index (χ2v) is 6.83. The lowest BCUT2D eigenvalue weighted by molar-refractivity contribution is 0.253. The summed E-state index contributed by atoms with van der Waals surface area (Å²) in [5, 5.41) is 0. The van der Waals surface area contributed by atoms with Crippen molar-refractivity contribution in [2.45, 2.75) is 38.1 Å². The van der Waals surface area contributed by atoms with Gasteiger partial charge < -0.3 is 10.6 Å². The molecule has 2 unspecified atom stereocenters. The summed E-state index contributed by atoms with van der Waals surface area (Å²) >= 11 is 3.55. The van der Waals surface area contributed by atoms with E-state index in [9.17, 15) is 0 Å². The molecular weight excluding hydrogens is 302 g/mol. The second-order valence-electron chi connectivity index (χ2n) is 5.92. The zero-order valence-corrected chi connectivity index (χ0v) is 12.9. The third-order valence-corrected chi connectivity index (χ3v) is 4.87. The summed E-state index contributed by atoms with van der Waals surface area (Å²) in [6.45, 7) is 3.18. The van der Waals surface area contributed by atoms with Gasteiger partial charge >= 0.3 is 0 Å². The molecule has 2 atom stereocenters. The molecular formula is C15H20BrN3. The molecule has 0 amide bonds. The Balaban J connectivity index is 1.98. The van der Waals surface area contributed by atoms with Crippen LogP contribution in [0, 0.1) is 5.92 Å². The van der Waals surface area contributed by atoms with Gasteiger partial charge in [0.05, 0.1) is 12.1 Å². The normalized spacial score (nSPS) is 30.7. The lowest BCUT2D eigenvalue weighted by atomic mass is 9.75. The number of hydrogen-bond acceptors (Lipinski definition) is 3. The van der Waals surface area contributed by atoms with Crippen molar-refractivity contribution in [1.82, 2.24) is 0 Å². The van der Waals surface area contributed by atoms with Crippen molar-refractivity contribution >= 4 is 27.6 Å². The smallest absolute Gasteiger partial charge is 0.196 e. The van der Waals surface area contributed by atoms with E-state index < -0.39 is 0 Å². The summed E-state index contributed by atoms with van der Waals surface area (Å²) < 4.78 is 1.09. The summed E-state index contributed by atoms with van der Waals surface area (Å²) in [6, 6.07) is 8.36. The Hall–Kier alpha value is -1.03. The van der Waals surface area contributed by atoms with Crippen LogP contribution in [0.1, 0.15) is 32.6 Å². The van der Waals surface area contributed by atoms with Gasteiger partial charge in [-0.1, -0.05) is 41.8 Å². The zero-order chi connectivity index (χ0) is 13.5. The van der Waals surface area contributed by atoms with Crippen LogP contribution in [0.3, 0.4) is 0 Å². The number of aliphatic imine (C=N–C) groups is 1. The molecule has 1 spiro atoms. The predicted octanol–water partition coefficient (Wildman–Crippen LogP) is 3.53. The highest BCUT2D eigenvalue weighted by atomic mass is 79.9. The molecule has 2 N–H and O–H groups in total. The van der Waals surface area contributed by atoms with Crippen LogP contribution in [0.2, 0.25) is 0 Å². The Kier molecular flexibility index (Phi) is 3.29. The second kappa shape index (κ2) is 4.82. The number of nitrogens with two attached hydrogens (primary N) is 1. The topological polar surface area (TPSA) is 41.6 Å². The molecule has 1 saturated carbocycles. The van der Waals surface area contributed by atoms with E-state index in [0.717, 1.165) is 22.6 Å². The number of guanidine groups is 1. The van der Waals surface area contributed by atoms with Crippen molar-refractivity contribution in [1.29, 1.82) is 0 Å². The molecule has 0 radical (unpaired) electrons. The molecule has 0 bridgehead atoms. The molecule has 102 valence electrons. The van der Waals surface area contributed by atoms with E-state index in [0.29, 0.717) is 5.96 Å². The average molecular weight is 322 g/mol. The maximum absolute atomic E-state index is 6.17. The van der Waals surface area contributed by atoms with Crippen LogP contribution in [0.15, 0.2) is 33.7 Å². The van der Waals surface area contributed by atoms with Gasteiger partial charge in [-0.15, -0.1) is 0 Å². The van der Waals surface area contributed by atoms with Crippen molar-refractivity contribution in [3.63, 3.8) is 0 Å². The van der Waals surface area contributed by atoms with Crippen LogP contribution >= 0.6 is 15.9 Å². The first kappa shape index (κ1) is 13.0. The fraction of sp³-hybridized carbons (Fsp3) is 0.533. The summed E-state index contributed by atoms with van der Waals surface area (Å²) in [5.41, 5.74) is 7.44. The van der Waals surface area contributed by atoms with Gasteiger partial charge in [-0.3, -0.25) is 4.99 Å². The molecule has 4 heteroatoms.